The minimum Gasteiger partial charge on any atom is -0.368 e. The summed E-state index contributed by atoms with van der Waals surface area (Å²) in [5.74, 6) is -0.851. The molecule has 0 radical (unpaired) electrons. The van der Waals surface area contributed by atoms with E-state index >= 15 is 0 Å². The number of H-pyrrole nitrogens is 1. The number of piperazine rings is 1. The molecule has 1 saturated heterocycles. The molecule has 27 heavy (non-hydrogen) atoms. The van der Waals surface area contributed by atoms with Crippen molar-refractivity contribution in [1.82, 2.24) is 9.79 Å². The van der Waals surface area contributed by atoms with Crippen molar-refractivity contribution in [3.63, 3.8) is 0 Å². The molecule has 1 fully saturated rings. The first kappa shape index (κ1) is 19.2. The predicted octanol–water partition coefficient (Wildman–Crippen LogP) is 0.199. The zero-order valence-electron chi connectivity index (χ0n) is 14.5. The van der Waals surface area contributed by atoms with E-state index in [4.69, 9.17) is 4.84 Å². The van der Waals surface area contributed by atoms with E-state index in [0.29, 0.717) is 26.2 Å². The third kappa shape index (κ3) is 5.00. The van der Waals surface area contributed by atoms with Gasteiger partial charge in [0, 0.05) is 44.0 Å². The quantitative estimate of drug-likeness (QED) is 0.706. The van der Waals surface area contributed by atoms with Gasteiger partial charge in [0.1, 0.15) is 12.4 Å². The van der Waals surface area contributed by atoms with Crippen molar-refractivity contribution < 1.29 is 27.4 Å². The average Bonchev–Trinajstić information content (AvgIpc) is 2.69. The minimum absolute atomic E-state index is 0.148. The molecule has 2 heterocycles. The molecular weight excluding hydrogens is 375 g/mol. The van der Waals surface area contributed by atoms with Crippen molar-refractivity contribution in [3.05, 3.63) is 54.6 Å². The van der Waals surface area contributed by atoms with Crippen LogP contribution in [0.1, 0.15) is 0 Å². The van der Waals surface area contributed by atoms with Gasteiger partial charge in [0.15, 0.2) is 12.4 Å². The molecule has 2 N–H and O–H groups in total. The lowest BCUT2D eigenvalue weighted by atomic mass is 10.2. The third-order valence-electron chi connectivity index (χ3n) is 4.19. The van der Waals surface area contributed by atoms with Gasteiger partial charge in [-0.25, -0.2) is 17.8 Å². The van der Waals surface area contributed by atoms with Crippen LogP contribution in [0.15, 0.2) is 53.7 Å². The molecule has 3 rings (SSSR count). The maximum Gasteiger partial charge on any atom is 0.262 e. The summed E-state index contributed by atoms with van der Waals surface area (Å²) in [7, 11) is -3.97. The monoisotopic (exact) mass is 395 g/mol. The SMILES string of the molecule is O=C(CONS(=O)(=O)c1ccc(F)cc1)N1CCN(c2cc[nH+]cc2)CC1. The maximum absolute atomic E-state index is 12.9. The highest BCUT2D eigenvalue weighted by Crippen LogP contribution is 2.14. The third-order valence-corrected chi connectivity index (χ3v) is 5.42. The normalized spacial score (nSPS) is 15.0. The maximum atomic E-state index is 12.9. The van der Waals surface area contributed by atoms with Crippen molar-refractivity contribution in [1.29, 1.82) is 0 Å². The number of benzene rings is 1. The molecule has 1 amide bonds. The molecule has 1 aliphatic rings. The van der Waals surface area contributed by atoms with E-state index in [1.54, 1.807) is 4.90 Å². The lowest BCUT2D eigenvalue weighted by molar-refractivity contribution is -0.377. The van der Waals surface area contributed by atoms with Gasteiger partial charge < -0.3 is 9.80 Å². The van der Waals surface area contributed by atoms with Crippen LogP contribution in [0.25, 0.3) is 0 Å². The molecule has 0 spiro atoms. The highest BCUT2D eigenvalue weighted by molar-refractivity contribution is 7.89. The molecular formula is C17H20FN4O4S+. The number of carbonyl (C=O) groups excluding carboxylic acids is 1. The molecule has 0 bridgehead atoms. The number of anilines is 1. The first-order valence-corrected chi connectivity index (χ1v) is 9.82. The van der Waals surface area contributed by atoms with Crippen LogP contribution >= 0.6 is 0 Å². The fourth-order valence-corrected chi connectivity index (χ4v) is 3.53. The Bertz CT molecular complexity index is 870. The number of nitrogens with zero attached hydrogens (tertiary/aromatic N) is 2. The number of aromatic nitrogens is 1. The van der Waals surface area contributed by atoms with E-state index < -0.39 is 22.4 Å². The summed E-state index contributed by atoms with van der Waals surface area (Å²) >= 11 is 0. The molecule has 0 saturated carbocycles. The van der Waals surface area contributed by atoms with Gasteiger partial charge in [-0.3, -0.25) is 9.63 Å². The fraction of sp³-hybridized carbons (Fsp3) is 0.294. The zero-order chi connectivity index (χ0) is 19.3. The average molecular weight is 395 g/mol. The second-order valence-corrected chi connectivity index (χ2v) is 7.60. The summed E-state index contributed by atoms with van der Waals surface area (Å²) in [6, 6.07) is 8.22. The van der Waals surface area contributed by atoms with E-state index in [2.05, 4.69) is 9.88 Å². The molecule has 1 aromatic heterocycles. The number of halogens is 1. The lowest BCUT2D eigenvalue weighted by Crippen LogP contribution is -2.50. The van der Waals surface area contributed by atoms with Crippen LogP contribution in [0.4, 0.5) is 10.1 Å². The van der Waals surface area contributed by atoms with Gasteiger partial charge in [-0.1, -0.05) is 4.89 Å². The number of pyridine rings is 1. The van der Waals surface area contributed by atoms with Crippen LogP contribution in [0.2, 0.25) is 0 Å². The first-order valence-electron chi connectivity index (χ1n) is 8.34. The predicted molar refractivity (Wildman–Crippen MR) is 94.5 cm³/mol. The van der Waals surface area contributed by atoms with Crippen LogP contribution < -0.4 is 14.8 Å². The van der Waals surface area contributed by atoms with Crippen molar-refractivity contribution in [2.75, 3.05) is 37.7 Å². The van der Waals surface area contributed by atoms with E-state index in [-0.39, 0.29) is 10.8 Å². The number of aromatic amines is 1. The van der Waals surface area contributed by atoms with Gasteiger partial charge in [0.2, 0.25) is 0 Å². The number of carbonyl (C=O) groups is 1. The molecule has 10 heteroatoms. The van der Waals surface area contributed by atoms with Crippen LogP contribution in [0.5, 0.6) is 0 Å². The number of hydrogen-bond acceptors (Lipinski definition) is 5. The molecule has 0 atom stereocenters. The standard InChI is InChI=1S/C17H19FN4O4S/c18-14-1-3-16(4-2-14)27(24,25)20-26-13-17(23)22-11-9-21(10-12-22)15-5-7-19-8-6-15/h1-8,20H,9-13H2/p+1. The Morgan fingerprint density at radius 3 is 2.33 bits per heavy atom. The van der Waals surface area contributed by atoms with Gasteiger partial charge in [-0.05, 0) is 24.3 Å². The van der Waals surface area contributed by atoms with Crippen LogP contribution in [0, 0.1) is 5.82 Å². The van der Waals surface area contributed by atoms with Crippen LogP contribution in [-0.4, -0.2) is 52.0 Å². The van der Waals surface area contributed by atoms with Gasteiger partial charge >= 0.3 is 0 Å². The van der Waals surface area contributed by atoms with Crippen molar-refractivity contribution >= 4 is 21.6 Å². The lowest BCUT2D eigenvalue weighted by Gasteiger charge is -2.35. The molecule has 0 unspecified atom stereocenters. The summed E-state index contributed by atoms with van der Waals surface area (Å²) in [4.78, 5) is 25.6. The number of rotatable bonds is 6. The van der Waals surface area contributed by atoms with Gasteiger partial charge in [-0.2, -0.15) is 0 Å². The summed E-state index contributed by atoms with van der Waals surface area (Å²) in [5, 5.41) is 0. The van der Waals surface area contributed by atoms with Crippen molar-refractivity contribution in [3.8, 4) is 0 Å². The summed E-state index contributed by atoms with van der Waals surface area (Å²) in [6.07, 6.45) is 3.68. The molecule has 2 aromatic rings. The molecule has 1 aliphatic heterocycles. The minimum atomic E-state index is -3.97. The van der Waals surface area contributed by atoms with E-state index in [9.17, 15) is 17.6 Å². The molecule has 8 nitrogen and oxygen atoms in total. The highest BCUT2D eigenvalue weighted by atomic mass is 32.2. The molecule has 1 aromatic carbocycles. The Morgan fingerprint density at radius 2 is 1.70 bits per heavy atom. The summed E-state index contributed by atoms with van der Waals surface area (Å²) < 4.78 is 36.9. The van der Waals surface area contributed by atoms with Crippen LogP contribution in [0.3, 0.4) is 0 Å². The first-order chi connectivity index (χ1) is 13.0. The Hall–Kier alpha value is -2.56. The summed E-state index contributed by atoms with van der Waals surface area (Å²) in [5.41, 5.74) is 1.07. The zero-order valence-corrected chi connectivity index (χ0v) is 15.3. The smallest absolute Gasteiger partial charge is 0.262 e. The van der Waals surface area contributed by atoms with Crippen molar-refractivity contribution in [2.45, 2.75) is 4.90 Å². The number of amides is 1. The van der Waals surface area contributed by atoms with E-state index in [1.165, 1.54) is 0 Å². The highest BCUT2D eigenvalue weighted by Gasteiger charge is 2.22. The van der Waals surface area contributed by atoms with Crippen molar-refractivity contribution in [2.24, 2.45) is 0 Å². The Morgan fingerprint density at radius 1 is 1.07 bits per heavy atom. The Labute approximate surface area is 156 Å². The van der Waals surface area contributed by atoms with Gasteiger partial charge in [0.25, 0.3) is 15.9 Å². The van der Waals surface area contributed by atoms with E-state index in [0.717, 1.165) is 30.0 Å². The molecule has 144 valence electrons. The second kappa shape index (κ2) is 8.42. The number of hydrogen-bond donors (Lipinski definition) is 1. The fourth-order valence-electron chi connectivity index (χ4n) is 2.72. The second-order valence-electron chi connectivity index (χ2n) is 5.96. The summed E-state index contributed by atoms with van der Waals surface area (Å²) in [6.45, 7) is 1.98. The molecule has 0 aliphatic carbocycles. The van der Waals surface area contributed by atoms with Gasteiger partial charge in [0.05, 0.1) is 4.90 Å². The van der Waals surface area contributed by atoms with Crippen LogP contribution in [-0.2, 0) is 19.7 Å². The Balaban J connectivity index is 1.45. The van der Waals surface area contributed by atoms with Gasteiger partial charge in [-0.15, -0.1) is 0 Å². The van der Waals surface area contributed by atoms with E-state index in [1.807, 2.05) is 29.4 Å². The number of nitrogens with one attached hydrogen (secondary N) is 2. The largest absolute Gasteiger partial charge is 0.368 e. The topological polar surface area (TPSA) is 93.1 Å². The number of sulfonamides is 1. The Kier molecular flexibility index (Phi) is 5.99.